The van der Waals surface area contributed by atoms with Crippen molar-refractivity contribution in [3.8, 4) is 6.07 Å². The van der Waals surface area contributed by atoms with Crippen LogP contribution >= 0.6 is 0 Å². The molecule has 0 aliphatic carbocycles. The standard InChI is InChI=1S/C15H23N3O2/c1-14(2,3)12-11(9-18(4)17-12)13(19)15(10-16)5-7-20-8-6-15/h9,13,19H,5-8H2,1-4H3. The number of aliphatic hydroxyl groups is 1. The molecule has 1 N–H and O–H groups in total. The molecule has 0 spiro atoms. The van der Waals surface area contributed by atoms with Crippen molar-refractivity contribution < 1.29 is 9.84 Å². The summed E-state index contributed by atoms with van der Waals surface area (Å²) in [7, 11) is 1.84. The number of hydrogen-bond acceptors (Lipinski definition) is 4. The Morgan fingerprint density at radius 3 is 2.55 bits per heavy atom. The van der Waals surface area contributed by atoms with Crippen LogP contribution in [0.25, 0.3) is 0 Å². The van der Waals surface area contributed by atoms with E-state index in [1.807, 2.05) is 13.2 Å². The van der Waals surface area contributed by atoms with Gasteiger partial charge in [0, 0.05) is 37.4 Å². The molecule has 20 heavy (non-hydrogen) atoms. The van der Waals surface area contributed by atoms with Crippen LogP contribution < -0.4 is 0 Å². The van der Waals surface area contributed by atoms with Gasteiger partial charge in [-0.15, -0.1) is 0 Å². The van der Waals surface area contributed by atoms with Gasteiger partial charge in [0.05, 0.1) is 17.2 Å². The predicted molar refractivity (Wildman–Crippen MR) is 75.0 cm³/mol. The summed E-state index contributed by atoms with van der Waals surface area (Å²) in [5.74, 6) is 0. The van der Waals surface area contributed by atoms with E-state index in [9.17, 15) is 10.4 Å². The van der Waals surface area contributed by atoms with E-state index >= 15 is 0 Å². The van der Waals surface area contributed by atoms with E-state index in [0.29, 0.717) is 26.1 Å². The van der Waals surface area contributed by atoms with Crippen molar-refractivity contribution >= 4 is 0 Å². The van der Waals surface area contributed by atoms with Gasteiger partial charge in [-0.25, -0.2) is 0 Å². The maximum atomic E-state index is 10.8. The molecule has 1 unspecified atom stereocenters. The summed E-state index contributed by atoms with van der Waals surface area (Å²) in [6, 6.07) is 2.34. The minimum atomic E-state index is -0.820. The maximum absolute atomic E-state index is 10.8. The normalized spacial score (nSPS) is 20.4. The second-order valence-electron chi connectivity index (χ2n) is 6.64. The average Bonchev–Trinajstić information content (AvgIpc) is 2.80. The second kappa shape index (κ2) is 5.19. The fourth-order valence-corrected chi connectivity index (χ4v) is 2.77. The summed E-state index contributed by atoms with van der Waals surface area (Å²) in [6.07, 6.45) is 2.13. The van der Waals surface area contributed by atoms with Gasteiger partial charge in [0.2, 0.25) is 0 Å². The number of aryl methyl sites for hydroxylation is 1. The van der Waals surface area contributed by atoms with Gasteiger partial charge in [-0.3, -0.25) is 4.68 Å². The van der Waals surface area contributed by atoms with E-state index in [2.05, 4.69) is 31.9 Å². The summed E-state index contributed by atoms with van der Waals surface area (Å²) in [6.45, 7) is 7.24. The molecule has 0 bridgehead atoms. The van der Waals surface area contributed by atoms with E-state index in [-0.39, 0.29) is 5.41 Å². The molecule has 5 heteroatoms. The Balaban J connectivity index is 2.43. The van der Waals surface area contributed by atoms with Crippen LogP contribution in [0.15, 0.2) is 6.20 Å². The molecule has 1 fully saturated rings. The molecule has 2 heterocycles. The summed E-state index contributed by atoms with van der Waals surface area (Å²) in [5.41, 5.74) is 0.692. The number of hydrogen-bond donors (Lipinski definition) is 1. The second-order valence-corrected chi connectivity index (χ2v) is 6.64. The lowest BCUT2D eigenvalue weighted by Gasteiger charge is -2.35. The SMILES string of the molecule is Cn1cc(C(O)C2(C#N)CCOCC2)c(C(C)(C)C)n1. The number of nitrogens with zero attached hydrogens (tertiary/aromatic N) is 3. The number of rotatable bonds is 2. The Morgan fingerprint density at radius 1 is 1.45 bits per heavy atom. The largest absolute Gasteiger partial charge is 0.387 e. The molecule has 1 atom stereocenters. The molecule has 2 rings (SSSR count). The van der Waals surface area contributed by atoms with Gasteiger partial charge in [-0.1, -0.05) is 20.8 Å². The first-order chi connectivity index (χ1) is 9.30. The fraction of sp³-hybridized carbons (Fsp3) is 0.733. The zero-order valence-corrected chi connectivity index (χ0v) is 12.7. The highest BCUT2D eigenvalue weighted by Crippen LogP contribution is 2.44. The van der Waals surface area contributed by atoms with Gasteiger partial charge in [-0.05, 0) is 12.8 Å². The lowest BCUT2D eigenvalue weighted by molar-refractivity contribution is -0.0316. The van der Waals surface area contributed by atoms with Crippen LogP contribution in [0, 0.1) is 16.7 Å². The molecule has 0 radical (unpaired) electrons. The molecule has 110 valence electrons. The van der Waals surface area contributed by atoms with Crippen molar-refractivity contribution in [1.82, 2.24) is 9.78 Å². The predicted octanol–water partition coefficient (Wildman–Crippen LogP) is 2.07. The van der Waals surface area contributed by atoms with Crippen LogP contribution in [-0.4, -0.2) is 28.1 Å². The van der Waals surface area contributed by atoms with Crippen LogP contribution in [0.2, 0.25) is 0 Å². The molecule has 0 saturated carbocycles. The highest BCUT2D eigenvalue weighted by atomic mass is 16.5. The van der Waals surface area contributed by atoms with Gasteiger partial charge in [-0.2, -0.15) is 10.4 Å². The molecule has 1 aromatic rings. The molecule has 5 nitrogen and oxygen atoms in total. The number of aromatic nitrogens is 2. The summed E-state index contributed by atoms with van der Waals surface area (Å²) in [5, 5.41) is 24.9. The van der Waals surface area contributed by atoms with Crippen LogP contribution in [0.5, 0.6) is 0 Å². The smallest absolute Gasteiger partial charge is 0.101 e. The third-order valence-corrected chi connectivity index (χ3v) is 3.99. The quantitative estimate of drug-likeness (QED) is 0.898. The van der Waals surface area contributed by atoms with E-state index in [1.54, 1.807) is 4.68 Å². The molecule has 0 amide bonds. The van der Waals surface area contributed by atoms with Crippen LogP contribution in [0.4, 0.5) is 0 Å². The summed E-state index contributed by atoms with van der Waals surface area (Å²) < 4.78 is 7.04. The van der Waals surface area contributed by atoms with Crippen LogP contribution in [0.1, 0.15) is 51.0 Å². The van der Waals surface area contributed by atoms with Gasteiger partial charge in [0.1, 0.15) is 6.10 Å². The first-order valence-electron chi connectivity index (χ1n) is 7.01. The summed E-state index contributed by atoms with van der Waals surface area (Å²) in [4.78, 5) is 0. The maximum Gasteiger partial charge on any atom is 0.101 e. The van der Waals surface area contributed by atoms with Crippen molar-refractivity contribution in [2.75, 3.05) is 13.2 Å². The van der Waals surface area contributed by atoms with Gasteiger partial charge in [0.25, 0.3) is 0 Å². The molecule has 0 aromatic carbocycles. The highest BCUT2D eigenvalue weighted by molar-refractivity contribution is 5.30. The fourth-order valence-electron chi connectivity index (χ4n) is 2.77. The Kier molecular flexibility index (Phi) is 3.90. The summed E-state index contributed by atoms with van der Waals surface area (Å²) >= 11 is 0. The molecule has 1 aliphatic rings. The zero-order chi connectivity index (χ0) is 15.0. The van der Waals surface area contributed by atoms with Crippen molar-refractivity contribution in [1.29, 1.82) is 5.26 Å². The monoisotopic (exact) mass is 277 g/mol. The first-order valence-corrected chi connectivity index (χ1v) is 7.01. The molecule has 1 aliphatic heterocycles. The third kappa shape index (κ3) is 2.58. The topological polar surface area (TPSA) is 71.1 Å². The van der Waals surface area contributed by atoms with Crippen LogP contribution in [0.3, 0.4) is 0 Å². The number of aliphatic hydroxyl groups excluding tert-OH is 1. The molecule has 1 saturated heterocycles. The Labute approximate surface area is 120 Å². The van der Waals surface area contributed by atoms with Crippen molar-refractivity contribution in [3.63, 3.8) is 0 Å². The Bertz CT molecular complexity index is 516. The van der Waals surface area contributed by atoms with E-state index in [0.717, 1.165) is 11.3 Å². The lowest BCUT2D eigenvalue weighted by atomic mass is 9.72. The van der Waals surface area contributed by atoms with Crippen molar-refractivity contribution in [2.24, 2.45) is 12.5 Å². The van der Waals surface area contributed by atoms with Crippen LogP contribution in [-0.2, 0) is 17.2 Å². The zero-order valence-electron chi connectivity index (χ0n) is 12.7. The molecular formula is C15H23N3O2. The molecular weight excluding hydrogens is 254 g/mol. The first kappa shape index (κ1) is 15.0. The number of ether oxygens (including phenoxy) is 1. The average molecular weight is 277 g/mol. The van der Waals surface area contributed by atoms with Crippen molar-refractivity contribution in [3.05, 3.63) is 17.5 Å². The van der Waals surface area contributed by atoms with Gasteiger partial charge >= 0.3 is 0 Å². The van der Waals surface area contributed by atoms with Crippen molar-refractivity contribution in [2.45, 2.75) is 45.1 Å². The van der Waals surface area contributed by atoms with Gasteiger partial charge < -0.3 is 9.84 Å². The molecule has 1 aromatic heterocycles. The minimum Gasteiger partial charge on any atom is -0.387 e. The third-order valence-electron chi connectivity index (χ3n) is 3.99. The van der Waals surface area contributed by atoms with Gasteiger partial charge in [0.15, 0.2) is 0 Å². The minimum absolute atomic E-state index is 0.167. The van der Waals surface area contributed by atoms with E-state index in [1.165, 1.54) is 0 Å². The number of nitriles is 1. The Morgan fingerprint density at radius 2 is 2.05 bits per heavy atom. The highest BCUT2D eigenvalue weighted by Gasteiger charge is 2.43. The van der Waals surface area contributed by atoms with E-state index in [4.69, 9.17) is 4.74 Å². The Hall–Kier alpha value is -1.38. The van der Waals surface area contributed by atoms with E-state index < -0.39 is 11.5 Å². The lowest BCUT2D eigenvalue weighted by Crippen LogP contribution is -2.35.